The van der Waals surface area contributed by atoms with Gasteiger partial charge in [-0.3, -0.25) is 0 Å². The summed E-state index contributed by atoms with van der Waals surface area (Å²) in [5.74, 6) is 0. The molecule has 0 amide bonds. The van der Waals surface area contributed by atoms with Crippen molar-refractivity contribution in [3.05, 3.63) is 29.8 Å². The van der Waals surface area contributed by atoms with Crippen molar-refractivity contribution in [3.8, 4) is 0 Å². The van der Waals surface area contributed by atoms with Crippen molar-refractivity contribution in [2.45, 2.75) is 6.04 Å². The number of rotatable bonds is 1. The molecule has 1 saturated heterocycles. The fourth-order valence-electron chi connectivity index (χ4n) is 2.03. The number of ether oxygens (including phenoxy) is 1. The van der Waals surface area contributed by atoms with E-state index in [2.05, 4.69) is 4.99 Å². The molecule has 0 saturated carbocycles. The molecule has 1 aromatic carbocycles. The number of amidine groups is 1. The minimum Gasteiger partial charge on any atom is -0.463 e. The van der Waals surface area contributed by atoms with Crippen LogP contribution in [-0.4, -0.2) is 30.4 Å². The molecule has 0 N–H and O–H groups in total. The van der Waals surface area contributed by atoms with Gasteiger partial charge in [0, 0.05) is 5.56 Å². The van der Waals surface area contributed by atoms with Gasteiger partial charge in [0.15, 0.2) is 0 Å². The molecule has 2 aliphatic rings. The molecule has 0 bridgehead atoms. The fraction of sp³-hybridized carbons (Fsp3) is 0.273. The predicted molar refractivity (Wildman–Crippen MR) is 55.0 cm³/mol. The first kappa shape index (κ1) is 8.47. The lowest BCUT2D eigenvalue weighted by molar-refractivity contribution is -0.111. The van der Waals surface area contributed by atoms with Crippen LogP contribution in [0.2, 0.25) is 0 Å². The summed E-state index contributed by atoms with van der Waals surface area (Å²) < 4.78 is 5.36. The zero-order chi connectivity index (χ0) is 10.3. The van der Waals surface area contributed by atoms with E-state index in [1.165, 1.54) is 0 Å². The predicted octanol–water partition coefficient (Wildman–Crippen LogP) is 1.26. The third kappa shape index (κ3) is 1.14. The molecule has 0 radical (unpaired) electrons. The molecule has 0 aromatic heterocycles. The van der Waals surface area contributed by atoms with Crippen molar-refractivity contribution in [3.63, 3.8) is 0 Å². The normalized spacial score (nSPS) is 22.5. The van der Waals surface area contributed by atoms with Crippen LogP contribution in [0.1, 0.15) is 11.6 Å². The van der Waals surface area contributed by atoms with E-state index in [-0.39, 0.29) is 6.04 Å². The first-order valence-corrected chi connectivity index (χ1v) is 4.92. The molecule has 1 unspecified atom stereocenters. The number of hydrogen-bond donors (Lipinski definition) is 0. The summed E-state index contributed by atoms with van der Waals surface area (Å²) in [6, 6.07) is 8.01. The molecule has 4 heteroatoms. The number of nitrogens with zero attached hydrogens (tertiary/aromatic N) is 2. The van der Waals surface area contributed by atoms with Gasteiger partial charge in [0.05, 0.1) is 12.2 Å². The van der Waals surface area contributed by atoms with Crippen LogP contribution in [0.15, 0.2) is 29.3 Å². The maximum Gasteiger partial charge on any atom is 0.293 e. The van der Waals surface area contributed by atoms with Gasteiger partial charge in [-0.25, -0.2) is 0 Å². The van der Waals surface area contributed by atoms with Crippen molar-refractivity contribution >= 4 is 18.0 Å². The van der Waals surface area contributed by atoms with E-state index in [0.29, 0.717) is 12.6 Å². The Morgan fingerprint density at radius 1 is 1.47 bits per heavy atom. The first-order chi connectivity index (χ1) is 7.40. The smallest absolute Gasteiger partial charge is 0.293 e. The van der Waals surface area contributed by atoms with Crippen LogP contribution in [0.4, 0.5) is 5.69 Å². The van der Waals surface area contributed by atoms with E-state index in [1.54, 1.807) is 0 Å². The lowest BCUT2D eigenvalue weighted by atomic mass is 10.0. The molecule has 2 aliphatic heterocycles. The molecule has 0 spiro atoms. The van der Waals surface area contributed by atoms with E-state index in [0.717, 1.165) is 24.1 Å². The molecule has 1 aromatic rings. The fourth-order valence-corrected chi connectivity index (χ4v) is 2.03. The number of aldehydes is 1. The van der Waals surface area contributed by atoms with Crippen LogP contribution in [0.3, 0.4) is 0 Å². The van der Waals surface area contributed by atoms with Crippen molar-refractivity contribution in [1.82, 2.24) is 4.90 Å². The van der Waals surface area contributed by atoms with E-state index in [9.17, 15) is 4.79 Å². The second-order valence-electron chi connectivity index (χ2n) is 3.58. The van der Waals surface area contributed by atoms with Crippen LogP contribution in [0.5, 0.6) is 0 Å². The molecular weight excluding hydrogens is 192 g/mol. The number of aliphatic imine (C=N–C) groups is 1. The highest BCUT2D eigenvalue weighted by Crippen LogP contribution is 2.34. The van der Waals surface area contributed by atoms with Gasteiger partial charge >= 0.3 is 0 Å². The standard InChI is InChI=1S/C11H10N2O2/c14-7-10-8-3-1-2-4-9(8)12-11-13(10)5-6-15-11/h1-4,7,10H,5-6H2. The Kier molecular flexibility index (Phi) is 1.74. The van der Waals surface area contributed by atoms with E-state index >= 15 is 0 Å². The molecule has 0 aliphatic carbocycles. The minimum atomic E-state index is -0.240. The number of hydrogen-bond acceptors (Lipinski definition) is 4. The molecule has 76 valence electrons. The van der Waals surface area contributed by atoms with Gasteiger partial charge in [0.1, 0.15) is 18.9 Å². The molecule has 15 heavy (non-hydrogen) atoms. The van der Waals surface area contributed by atoms with Gasteiger partial charge < -0.3 is 14.4 Å². The maximum atomic E-state index is 11.1. The van der Waals surface area contributed by atoms with E-state index < -0.39 is 0 Å². The Balaban J connectivity index is 2.16. The molecule has 3 rings (SSSR count). The maximum absolute atomic E-state index is 11.1. The Labute approximate surface area is 87.2 Å². The second kappa shape index (κ2) is 3.08. The van der Waals surface area contributed by atoms with Crippen LogP contribution < -0.4 is 0 Å². The van der Waals surface area contributed by atoms with E-state index in [4.69, 9.17) is 4.74 Å². The van der Waals surface area contributed by atoms with Gasteiger partial charge in [-0.1, -0.05) is 18.2 Å². The molecule has 1 atom stereocenters. The zero-order valence-electron chi connectivity index (χ0n) is 8.09. The Bertz CT molecular complexity index is 442. The van der Waals surface area contributed by atoms with Gasteiger partial charge in [-0.2, -0.15) is 4.99 Å². The quantitative estimate of drug-likeness (QED) is 0.644. The monoisotopic (exact) mass is 202 g/mol. The summed E-state index contributed by atoms with van der Waals surface area (Å²) in [6.45, 7) is 1.34. The average Bonchev–Trinajstić information content (AvgIpc) is 2.73. The van der Waals surface area contributed by atoms with Gasteiger partial charge in [-0.05, 0) is 6.07 Å². The van der Waals surface area contributed by atoms with Crippen LogP contribution in [0.25, 0.3) is 0 Å². The van der Waals surface area contributed by atoms with E-state index in [1.807, 2.05) is 29.2 Å². The second-order valence-corrected chi connectivity index (χ2v) is 3.58. The number of carbonyl (C=O) groups excluding carboxylic acids is 1. The third-order valence-corrected chi connectivity index (χ3v) is 2.75. The SMILES string of the molecule is O=CC1c2ccccc2N=C2OCCN21. The van der Waals surface area contributed by atoms with Gasteiger partial charge in [0.25, 0.3) is 6.02 Å². The Morgan fingerprint density at radius 2 is 2.33 bits per heavy atom. The summed E-state index contributed by atoms with van der Waals surface area (Å²) in [4.78, 5) is 17.4. The average molecular weight is 202 g/mol. The topological polar surface area (TPSA) is 41.9 Å². The lowest BCUT2D eigenvalue weighted by Crippen LogP contribution is -2.33. The minimum absolute atomic E-state index is 0.240. The summed E-state index contributed by atoms with van der Waals surface area (Å²) in [5.41, 5.74) is 1.80. The number of benzene rings is 1. The van der Waals surface area contributed by atoms with Crippen LogP contribution in [0, 0.1) is 0 Å². The highest BCUT2D eigenvalue weighted by molar-refractivity contribution is 5.86. The molecular formula is C11H10N2O2. The lowest BCUT2D eigenvalue weighted by Gasteiger charge is -2.27. The number of fused-ring (bicyclic) bond motifs is 2. The van der Waals surface area contributed by atoms with Crippen molar-refractivity contribution < 1.29 is 9.53 Å². The van der Waals surface area contributed by atoms with Gasteiger partial charge in [0.2, 0.25) is 0 Å². The molecule has 4 nitrogen and oxygen atoms in total. The summed E-state index contributed by atoms with van der Waals surface area (Å²) in [6.07, 6.45) is 0.947. The summed E-state index contributed by atoms with van der Waals surface area (Å²) in [5, 5.41) is 0. The van der Waals surface area contributed by atoms with Crippen molar-refractivity contribution in [2.75, 3.05) is 13.2 Å². The van der Waals surface area contributed by atoms with Crippen LogP contribution >= 0.6 is 0 Å². The summed E-state index contributed by atoms with van der Waals surface area (Å²) >= 11 is 0. The van der Waals surface area contributed by atoms with Gasteiger partial charge in [-0.15, -0.1) is 0 Å². The number of para-hydroxylation sites is 1. The highest BCUT2D eigenvalue weighted by atomic mass is 16.5. The molecule has 2 heterocycles. The van der Waals surface area contributed by atoms with Crippen LogP contribution in [-0.2, 0) is 9.53 Å². The third-order valence-electron chi connectivity index (χ3n) is 2.75. The van der Waals surface area contributed by atoms with Crippen molar-refractivity contribution in [1.29, 1.82) is 0 Å². The largest absolute Gasteiger partial charge is 0.463 e. The number of carbonyl (C=O) groups is 1. The zero-order valence-corrected chi connectivity index (χ0v) is 8.09. The molecule has 1 fully saturated rings. The van der Waals surface area contributed by atoms with Crippen molar-refractivity contribution in [2.24, 2.45) is 4.99 Å². The summed E-state index contributed by atoms with van der Waals surface area (Å²) in [7, 11) is 0. The highest BCUT2D eigenvalue weighted by Gasteiger charge is 2.33. The Morgan fingerprint density at radius 3 is 3.20 bits per heavy atom. The first-order valence-electron chi connectivity index (χ1n) is 4.92. The Hall–Kier alpha value is -1.84.